The SMILES string of the molecule is C=C1c2ccccc2C(=O)N1[C@@H](C)C(=O)N1C[C@@H](C)O[C@@H](C)C1. The molecule has 0 unspecified atom stereocenters. The second-order valence-electron chi connectivity index (χ2n) is 6.34. The third-order valence-electron chi connectivity index (χ3n) is 4.45. The molecule has 5 heteroatoms. The maximum atomic E-state index is 12.9. The number of morpholine rings is 1. The number of benzene rings is 1. The third kappa shape index (κ3) is 2.65. The van der Waals surface area contributed by atoms with Crippen molar-refractivity contribution in [2.45, 2.75) is 39.0 Å². The predicted octanol–water partition coefficient (Wildman–Crippen LogP) is 2.14. The molecule has 122 valence electrons. The van der Waals surface area contributed by atoms with Crippen LogP contribution in [0, 0.1) is 0 Å². The van der Waals surface area contributed by atoms with Crippen molar-refractivity contribution in [1.82, 2.24) is 9.80 Å². The van der Waals surface area contributed by atoms with Crippen molar-refractivity contribution in [3.8, 4) is 0 Å². The molecule has 1 fully saturated rings. The molecule has 1 aromatic rings. The first kappa shape index (κ1) is 15.7. The van der Waals surface area contributed by atoms with Gasteiger partial charge in [-0.25, -0.2) is 0 Å². The van der Waals surface area contributed by atoms with E-state index in [2.05, 4.69) is 6.58 Å². The van der Waals surface area contributed by atoms with Crippen molar-refractivity contribution >= 4 is 17.5 Å². The van der Waals surface area contributed by atoms with E-state index in [0.29, 0.717) is 24.4 Å². The summed E-state index contributed by atoms with van der Waals surface area (Å²) >= 11 is 0. The van der Waals surface area contributed by atoms with Crippen LogP contribution < -0.4 is 0 Å². The van der Waals surface area contributed by atoms with Gasteiger partial charge in [-0.3, -0.25) is 14.5 Å². The van der Waals surface area contributed by atoms with Gasteiger partial charge in [0.05, 0.1) is 12.2 Å². The van der Waals surface area contributed by atoms with Gasteiger partial charge in [0.25, 0.3) is 5.91 Å². The van der Waals surface area contributed by atoms with E-state index < -0.39 is 6.04 Å². The Morgan fingerprint density at radius 1 is 1.22 bits per heavy atom. The standard InChI is InChI=1S/C18H22N2O3/c1-11-9-19(10-12(2)23-11)17(21)14(4)20-13(3)15-7-5-6-8-16(15)18(20)22/h5-8,11-12,14H,3,9-10H2,1-2,4H3/t11-,12+,14-/m0/s1. The molecule has 2 aliphatic rings. The van der Waals surface area contributed by atoms with Crippen LogP contribution in [0.15, 0.2) is 30.8 Å². The summed E-state index contributed by atoms with van der Waals surface area (Å²) < 4.78 is 5.67. The number of carbonyl (C=O) groups is 2. The zero-order valence-corrected chi connectivity index (χ0v) is 13.8. The van der Waals surface area contributed by atoms with Gasteiger partial charge in [-0.15, -0.1) is 0 Å². The molecule has 3 rings (SSSR count). The maximum absolute atomic E-state index is 12.9. The molecule has 0 radical (unpaired) electrons. The van der Waals surface area contributed by atoms with Crippen molar-refractivity contribution in [3.05, 3.63) is 42.0 Å². The summed E-state index contributed by atoms with van der Waals surface area (Å²) in [4.78, 5) is 28.8. The van der Waals surface area contributed by atoms with E-state index in [-0.39, 0.29) is 24.0 Å². The summed E-state index contributed by atoms with van der Waals surface area (Å²) in [6.07, 6.45) is 0.00848. The van der Waals surface area contributed by atoms with Crippen molar-refractivity contribution in [3.63, 3.8) is 0 Å². The van der Waals surface area contributed by atoms with E-state index in [4.69, 9.17) is 4.74 Å². The normalized spacial score (nSPS) is 25.5. The Labute approximate surface area is 136 Å². The summed E-state index contributed by atoms with van der Waals surface area (Å²) in [7, 11) is 0. The second-order valence-corrected chi connectivity index (χ2v) is 6.34. The van der Waals surface area contributed by atoms with Crippen LogP contribution in [0.4, 0.5) is 0 Å². The number of fused-ring (bicyclic) bond motifs is 1. The van der Waals surface area contributed by atoms with Gasteiger partial charge in [0, 0.05) is 29.9 Å². The highest BCUT2D eigenvalue weighted by Gasteiger charge is 2.39. The number of amides is 2. The lowest BCUT2D eigenvalue weighted by atomic mass is 10.1. The molecule has 2 aliphatic heterocycles. The summed E-state index contributed by atoms with van der Waals surface area (Å²) in [6.45, 7) is 10.8. The number of rotatable bonds is 2. The Morgan fingerprint density at radius 2 is 1.78 bits per heavy atom. The lowest BCUT2D eigenvalue weighted by molar-refractivity contribution is -0.146. The highest BCUT2D eigenvalue weighted by Crippen LogP contribution is 2.33. The Balaban J connectivity index is 1.81. The van der Waals surface area contributed by atoms with E-state index in [1.165, 1.54) is 4.90 Å². The van der Waals surface area contributed by atoms with E-state index >= 15 is 0 Å². The number of hydrogen-bond donors (Lipinski definition) is 0. The fraction of sp³-hybridized carbons (Fsp3) is 0.444. The average Bonchev–Trinajstić information content (AvgIpc) is 2.77. The van der Waals surface area contributed by atoms with Crippen LogP contribution in [0.3, 0.4) is 0 Å². The monoisotopic (exact) mass is 314 g/mol. The number of nitrogens with zero attached hydrogens (tertiary/aromatic N) is 2. The van der Waals surface area contributed by atoms with Crippen LogP contribution in [-0.2, 0) is 9.53 Å². The molecule has 2 heterocycles. The Morgan fingerprint density at radius 3 is 2.35 bits per heavy atom. The van der Waals surface area contributed by atoms with Gasteiger partial charge in [0.2, 0.25) is 5.91 Å². The van der Waals surface area contributed by atoms with E-state index in [0.717, 1.165) is 5.56 Å². The van der Waals surface area contributed by atoms with Crippen LogP contribution in [0.1, 0.15) is 36.7 Å². The molecule has 1 saturated heterocycles. The average molecular weight is 314 g/mol. The van der Waals surface area contributed by atoms with Gasteiger partial charge in [0.15, 0.2) is 0 Å². The third-order valence-corrected chi connectivity index (χ3v) is 4.45. The van der Waals surface area contributed by atoms with E-state index in [1.807, 2.05) is 32.0 Å². The minimum atomic E-state index is -0.570. The van der Waals surface area contributed by atoms with E-state index in [9.17, 15) is 9.59 Å². The Bertz CT molecular complexity index is 625. The summed E-state index contributed by atoms with van der Waals surface area (Å²) in [5, 5.41) is 0. The molecule has 3 atom stereocenters. The van der Waals surface area contributed by atoms with Crippen LogP contribution >= 0.6 is 0 Å². The van der Waals surface area contributed by atoms with Crippen LogP contribution in [0.5, 0.6) is 0 Å². The lowest BCUT2D eigenvalue weighted by Gasteiger charge is -2.38. The van der Waals surface area contributed by atoms with Crippen LogP contribution in [0.25, 0.3) is 5.70 Å². The quantitative estimate of drug-likeness (QED) is 0.840. The topological polar surface area (TPSA) is 49.9 Å². The molecule has 0 bridgehead atoms. The van der Waals surface area contributed by atoms with Gasteiger partial charge in [-0.2, -0.15) is 0 Å². The fourth-order valence-corrected chi connectivity index (χ4v) is 3.45. The molecule has 5 nitrogen and oxygen atoms in total. The molecular weight excluding hydrogens is 292 g/mol. The molecule has 23 heavy (non-hydrogen) atoms. The number of ether oxygens (including phenoxy) is 1. The number of carbonyl (C=O) groups excluding carboxylic acids is 2. The van der Waals surface area contributed by atoms with Gasteiger partial charge in [-0.05, 0) is 26.8 Å². The predicted molar refractivity (Wildman–Crippen MR) is 87.7 cm³/mol. The molecule has 0 aliphatic carbocycles. The van der Waals surface area contributed by atoms with Crippen molar-refractivity contribution in [2.24, 2.45) is 0 Å². The summed E-state index contributed by atoms with van der Waals surface area (Å²) in [5.41, 5.74) is 2.02. The highest BCUT2D eigenvalue weighted by molar-refractivity contribution is 6.10. The first-order valence-corrected chi connectivity index (χ1v) is 7.96. The Kier molecular flexibility index (Phi) is 3.98. The zero-order chi connectivity index (χ0) is 16.7. The molecule has 0 N–H and O–H groups in total. The first-order valence-electron chi connectivity index (χ1n) is 7.96. The molecule has 2 amide bonds. The van der Waals surface area contributed by atoms with E-state index in [1.54, 1.807) is 17.9 Å². The molecule has 0 spiro atoms. The first-order chi connectivity index (χ1) is 10.9. The van der Waals surface area contributed by atoms with Crippen LogP contribution in [0.2, 0.25) is 0 Å². The van der Waals surface area contributed by atoms with Gasteiger partial charge >= 0.3 is 0 Å². The minimum Gasteiger partial charge on any atom is -0.372 e. The van der Waals surface area contributed by atoms with Gasteiger partial charge in [-0.1, -0.05) is 24.8 Å². The highest BCUT2D eigenvalue weighted by atomic mass is 16.5. The molecular formula is C18H22N2O3. The molecule has 1 aromatic carbocycles. The van der Waals surface area contributed by atoms with Crippen molar-refractivity contribution in [2.75, 3.05) is 13.1 Å². The summed E-state index contributed by atoms with van der Waals surface area (Å²) in [5.74, 6) is -0.213. The maximum Gasteiger partial charge on any atom is 0.259 e. The largest absolute Gasteiger partial charge is 0.372 e. The smallest absolute Gasteiger partial charge is 0.259 e. The van der Waals surface area contributed by atoms with Crippen molar-refractivity contribution < 1.29 is 14.3 Å². The zero-order valence-electron chi connectivity index (χ0n) is 13.8. The summed E-state index contributed by atoms with van der Waals surface area (Å²) in [6, 6.07) is 6.77. The lowest BCUT2D eigenvalue weighted by Crippen LogP contribution is -2.54. The van der Waals surface area contributed by atoms with Crippen LogP contribution in [-0.4, -0.2) is 53.0 Å². The molecule has 0 aromatic heterocycles. The fourth-order valence-electron chi connectivity index (χ4n) is 3.45. The number of hydrogen-bond acceptors (Lipinski definition) is 3. The Hall–Kier alpha value is -2.14. The van der Waals surface area contributed by atoms with Crippen molar-refractivity contribution in [1.29, 1.82) is 0 Å². The molecule has 0 saturated carbocycles. The minimum absolute atomic E-state index is 0.00424. The second kappa shape index (κ2) is 5.81. The van der Waals surface area contributed by atoms with Gasteiger partial charge in [0.1, 0.15) is 6.04 Å². The van der Waals surface area contributed by atoms with Gasteiger partial charge < -0.3 is 9.64 Å².